The van der Waals surface area contributed by atoms with Gasteiger partial charge in [-0.1, -0.05) is 0 Å². The molecule has 2 heterocycles. The van der Waals surface area contributed by atoms with Crippen molar-refractivity contribution in [3.8, 4) is 0 Å². The lowest BCUT2D eigenvalue weighted by atomic mass is 10.1. The van der Waals surface area contributed by atoms with Gasteiger partial charge in [-0.3, -0.25) is 0 Å². The highest BCUT2D eigenvalue weighted by Crippen LogP contribution is 2.30. The van der Waals surface area contributed by atoms with Crippen LogP contribution in [0.1, 0.15) is 18.1 Å². The molecule has 1 unspecified atom stereocenters. The Balaban J connectivity index is 1.95. The quantitative estimate of drug-likeness (QED) is 0.922. The van der Waals surface area contributed by atoms with Gasteiger partial charge in [-0.25, -0.2) is 0 Å². The van der Waals surface area contributed by atoms with Gasteiger partial charge in [-0.2, -0.15) is 11.3 Å². The predicted octanol–water partition coefficient (Wildman–Crippen LogP) is 2.31. The summed E-state index contributed by atoms with van der Waals surface area (Å²) in [6.45, 7) is 1.25. The molecule has 1 fully saturated rings. The predicted molar refractivity (Wildman–Crippen MR) is 57.3 cm³/mol. The van der Waals surface area contributed by atoms with Gasteiger partial charge >= 0.3 is 0 Å². The zero-order valence-electron chi connectivity index (χ0n) is 7.48. The molecule has 1 aromatic rings. The van der Waals surface area contributed by atoms with Crippen molar-refractivity contribution in [2.75, 3.05) is 13.2 Å². The van der Waals surface area contributed by atoms with Crippen LogP contribution in [0.5, 0.6) is 0 Å². The van der Waals surface area contributed by atoms with E-state index >= 15 is 0 Å². The van der Waals surface area contributed by atoms with Crippen LogP contribution in [0, 0.1) is 0 Å². The minimum Gasteiger partial charge on any atom is -0.388 e. The average molecular weight is 279 g/mol. The Morgan fingerprint density at radius 1 is 1.50 bits per heavy atom. The molecule has 2 rings (SSSR count). The van der Waals surface area contributed by atoms with Gasteiger partial charge in [0.25, 0.3) is 0 Å². The first-order chi connectivity index (χ1) is 6.77. The molecule has 1 N–H and O–H groups in total. The smallest absolute Gasteiger partial charge is 0.160 e. The molecule has 1 saturated heterocycles. The Hall–Kier alpha value is 0.0600. The van der Waals surface area contributed by atoms with E-state index in [4.69, 9.17) is 9.47 Å². The maximum atomic E-state index is 9.87. The largest absolute Gasteiger partial charge is 0.388 e. The Labute approximate surface area is 94.8 Å². The maximum absolute atomic E-state index is 9.87. The lowest BCUT2D eigenvalue weighted by molar-refractivity contribution is -0.0708. The van der Waals surface area contributed by atoms with Crippen LogP contribution in [0.15, 0.2) is 15.2 Å². The molecule has 0 aromatic carbocycles. The standard InChI is InChI=1S/C9H11BrO3S/c10-7-5-14-4-6(7)8(11)3-9-12-1-2-13-9/h4-5,8-9,11H,1-3H2. The summed E-state index contributed by atoms with van der Waals surface area (Å²) in [6.07, 6.45) is -0.273. The molecule has 3 nitrogen and oxygen atoms in total. The Morgan fingerprint density at radius 2 is 2.21 bits per heavy atom. The molecule has 1 atom stereocenters. The Morgan fingerprint density at radius 3 is 2.79 bits per heavy atom. The van der Waals surface area contributed by atoms with Crippen LogP contribution in [-0.2, 0) is 9.47 Å². The second-order valence-corrected chi connectivity index (χ2v) is 4.70. The van der Waals surface area contributed by atoms with Crippen LogP contribution in [0.2, 0.25) is 0 Å². The van der Waals surface area contributed by atoms with Crippen LogP contribution >= 0.6 is 27.3 Å². The third-order valence-corrected chi connectivity index (χ3v) is 3.86. The van der Waals surface area contributed by atoms with E-state index in [0.29, 0.717) is 19.6 Å². The van der Waals surface area contributed by atoms with Crippen molar-refractivity contribution in [3.63, 3.8) is 0 Å². The molecule has 14 heavy (non-hydrogen) atoms. The highest BCUT2D eigenvalue weighted by molar-refractivity contribution is 9.10. The van der Waals surface area contributed by atoms with E-state index < -0.39 is 6.10 Å². The van der Waals surface area contributed by atoms with Gasteiger partial charge < -0.3 is 14.6 Å². The highest BCUT2D eigenvalue weighted by Gasteiger charge is 2.22. The minimum absolute atomic E-state index is 0.253. The van der Waals surface area contributed by atoms with Crippen LogP contribution < -0.4 is 0 Å². The normalized spacial score (nSPS) is 20.1. The first-order valence-corrected chi connectivity index (χ1v) is 6.14. The molecule has 78 valence electrons. The van der Waals surface area contributed by atoms with Crippen molar-refractivity contribution in [2.45, 2.75) is 18.8 Å². The summed E-state index contributed by atoms with van der Waals surface area (Å²) < 4.78 is 11.5. The van der Waals surface area contributed by atoms with Gasteiger partial charge in [-0.05, 0) is 21.3 Å². The lowest BCUT2D eigenvalue weighted by Crippen LogP contribution is -2.12. The van der Waals surface area contributed by atoms with E-state index in [1.807, 2.05) is 10.8 Å². The number of rotatable bonds is 3. The SMILES string of the molecule is OC(CC1OCCO1)c1cscc1Br. The van der Waals surface area contributed by atoms with Crippen molar-refractivity contribution in [2.24, 2.45) is 0 Å². The van der Waals surface area contributed by atoms with Gasteiger partial charge in [0.1, 0.15) is 0 Å². The van der Waals surface area contributed by atoms with Crippen molar-refractivity contribution in [1.29, 1.82) is 0 Å². The molecule has 0 radical (unpaired) electrons. The summed E-state index contributed by atoms with van der Waals surface area (Å²) in [7, 11) is 0. The van der Waals surface area contributed by atoms with Crippen LogP contribution in [0.4, 0.5) is 0 Å². The van der Waals surface area contributed by atoms with Gasteiger partial charge in [0.15, 0.2) is 6.29 Å². The third kappa shape index (κ3) is 2.35. The zero-order valence-corrected chi connectivity index (χ0v) is 9.88. The second kappa shape index (κ2) is 4.72. The molecule has 0 saturated carbocycles. The molecule has 1 aliphatic rings. The minimum atomic E-state index is -0.515. The fourth-order valence-electron chi connectivity index (χ4n) is 1.38. The number of thiophene rings is 1. The molecular weight excluding hydrogens is 268 g/mol. The summed E-state index contributed by atoms with van der Waals surface area (Å²) in [6, 6.07) is 0. The number of aliphatic hydroxyl groups is 1. The summed E-state index contributed by atoms with van der Waals surface area (Å²) in [5, 5.41) is 13.8. The van der Waals surface area contributed by atoms with E-state index in [1.165, 1.54) is 0 Å². The van der Waals surface area contributed by atoms with Gasteiger partial charge in [0.05, 0.1) is 19.3 Å². The fourth-order valence-corrected chi connectivity index (χ4v) is 2.99. The topological polar surface area (TPSA) is 38.7 Å². The molecule has 0 bridgehead atoms. The molecule has 5 heteroatoms. The monoisotopic (exact) mass is 278 g/mol. The highest BCUT2D eigenvalue weighted by atomic mass is 79.9. The van der Waals surface area contributed by atoms with E-state index in [2.05, 4.69) is 15.9 Å². The number of aliphatic hydroxyl groups excluding tert-OH is 1. The summed E-state index contributed by atoms with van der Waals surface area (Å²) in [5.41, 5.74) is 0.911. The molecule has 1 aromatic heterocycles. The third-order valence-electron chi connectivity index (χ3n) is 2.11. The summed E-state index contributed by atoms with van der Waals surface area (Å²) in [4.78, 5) is 0. The first-order valence-electron chi connectivity index (χ1n) is 4.40. The fraction of sp³-hybridized carbons (Fsp3) is 0.556. The van der Waals surface area contributed by atoms with E-state index in [1.54, 1.807) is 11.3 Å². The van der Waals surface area contributed by atoms with Crippen LogP contribution in [-0.4, -0.2) is 24.6 Å². The van der Waals surface area contributed by atoms with Crippen LogP contribution in [0.3, 0.4) is 0 Å². The molecule has 0 spiro atoms. The first kappa shape index (κ1) is 10.6. The molecular formula is C9H11BrO3S. The summed E-state index contributed by atoms with van der Waals surface area (Å²) in [5.74, 6) is 0. The Bertz CT molecular complexity index is 296. The van der Waals surface area contributed by atoms with Gasteiger partial charge in [0.2, 0.25) is 0 Å². The number of hydrogen-bond donors (Lipinski definition) is 1. The molecule has 0 amide bonds. The maximum Gasteiger partial charge on any atom is 0.160 e. The zero-order chi connectivity index (χ0) is 9.97. The number of hydrogen-bond acceptors (Lipinski definition) is 4. The van der Waals surface area contributed by atoms with Crippen molar-refractivity contribution < 1.29 is 14.6 Å². The van der Waals surface area contributed by atoms with Crippen LogP contribution in [0.25, 0.3) is 0 Å². The van der Waals surface area contributed by atoms with Crippen molar-refractivity contribution >= 4 is 27.3 Å². The van der Waals surface area contributed by atoms with E-state index in [-0.39, 0.29) is 6.29 Å². The number of ether oxygens (including phenoxy) is 2. The van der Waals surface area contributed by atoms with Gasteiger partial charge in [-0.15, -0.1) is 0 Å². The summed E-state index contributed by atoms with van der Waals surface area (Å²) >= 11 is 4.95. The van der Waals surface area contributed by atoms with E-state index in [9.17, 15) is 5.11 Å². The number of halogens is 1. The Kier molecular flexibility index (Phi) is 3.57. The lowest BCUT2D eigenvalue weighted by Gasteiger charge is -2.14. The molecule has 1 aliphatic heterocycles. The van der Waals surface area contributed by atoms with Crippen molar-refractivity contribution in [3.05, 3.63) is 20.8 Å². The van der Waals surface area contributed by atoms with E-state index in [0.717, 1.165) is 10.0 Å². The molecule has 0 aliphatic carbocycles. The van der Waals surface area contributed by atoms with Crippen molar-refractivity contribution in [1.82, 2.24) is 0 Å². The van der Waals surface area contributed by atoms with Gasteiger partial charge in [0, 0.05) is 21.8 Å². The second-order valence-electron chi connectivity index (χ2n) is 3.10. The average Bonchev–Trinajstić information content (AvgIpc) is 2.75.